The molecule has 0 radical (unpaired) electrons. The summed E-state index contributed by atoms with van der Waals surface area (Å²) in [5, 5.41) is 6.42. The van der Waals surface area contributed by atoms with Crippen molar-refractivity contribution in [3.05, 3.63) is 48.3 Å². The molecule has 154 valence electrons. The van der Waals surface area contributed by atoms with Crippen LogP contribution in [0.5, 0.6) is 0 Å². The number of pyridine rings is 1. The number of nitrogens with one attached hydrogen (secondary N) is 2. The van der Waals surface area contributed by atoms with E-state index in [9.17, 15) is 13.2 Å². The second-order valence-corrected chi connectivity index (χ2v) is 6.59. The number of fused-ring (bicyclic) bond motifs is 1. The summed E-state index contributed by atoms with van der Waals surface area (Å²) in [4.78, 5) is 8.68. The number of benzene rings is 1. The van der Waals surface area contributed by atoms with Crippen LogP contribution >= 0.6 is 0 Å². The van der Waals surface area contributed by atoms with Crippen LogP contribution in [-0.2, 0) is 6.18 Å². The van der Waals surface area contributed by atoms with Gasteiger partial charge in [0.1, 0.15) is 6.17 Å². The van der Waals surface area contributed by atoms with E-state index in [-0.39, 0.29) is 7.59 Å². The molecule has 8 heteroatoms. The Morgan fingerprint density at radius 3 is 2.29 bits per heavy atom. The topological polar surface area (TPSA) is 43.4 Å². The van der Waals surface area contributed by atoms with E-state index in [4.69, 9.17) is 0 Å². The van der Waals surface area contributed by atoms with Crippen LogP contribution in [0.4, 0.5) is 30.2 Å². The SMILES string of the molecule is CC.FC(F)(F)c1ccc2c(c1)NC(CN1CCN(c3ccncc3)CC1)N2.[HH]. The molecule has 0 amide bonds. The van der Waals surface area contributed by atoms with Crippen molar-refractivity contribution in [3.8, 4) is 0 Å². The molecule has 1 atom stereocenters. The van der Waals surface area contributed by atoms with E-state index in [0.717, 1.165) is 44.5 Å². The second kappa shape index (κ2) is 8.68. The van der Waals surface area contributed by atoms with Gasteiger partial charge >= 0.3 is 6.18 Å². The Morgan fingerprint density at radius 2 is 1.64 bits per heavy atom. The minimum atomic E-state index is -4.32. The van der Waals surface area contributed by atoms with Crippen molar-refractivity contribution in [2.45, 2.75) is 26.2 Å². The van der Waals surface area contributed by atoms with Crippen molar-refractivity contribution in [3.63, 3.8) is 0 Å². The van der Waals surface area contributed by atoms with Crippen LogP contribution in [0.15, 0.2) is 42.7 Å². The maximum Gasteiger partial charge on any atom is 0.416 e. The Hall–Kier alpha value is -2.48. The molecular formula is C20H28F3N5. The van der Waals surface area contributed by atoms with Crippen molar-refractivity contribution in [2.75, 3.05) is 48.3 Å². The Bertz CT molecular complexity index is 764. The number of anilines is 3. The fraction of sp³-hybridized carbons (Fsp3) is 0.450. The molecule has 0 spiro atoms. The van der Waals surface area contributed by atoms with Crippen molar-refractivity contribution in [2.24, 2.45) is 0 Å². The van der Waals surface area contributed by atoms with Gasteiger partial charge in [0.05, 0.1) is 16.9 Å². The second-order valence-electron chi connectivity index (χ2n) is 6.59. The monoisotopic (exact) mass is 395 g/mol. The van der Waals surface area contributed by atoms with Gasteiger partial charge < -0.3 is 15.5 Å². The van der Waals surface area contributed by atoms with Crippen LogP contribution in [0.2, 0.25) is 0 Å². The Kier molecular flexibility index (Phi) is 6.28. The van der Waals surface area contributed by atoms with Crippen LogP contribution in [0, 0.1) is 0 Å². The van der Waals surface area contributed by atoms with E-state index in [2.05, 4.69) is 25.4 Å². The zero-order valence-corrected chi connectivity index (χ0v) is 16.1. The van der Waals surface area contributed by atoms with Crippen molar-refractivity contribution >= 4 is 17.1 Å². The molecule has 2 aromatic rings. The first-order valence-corrected chi connectivity index (χ1v) is 9.61. The molecule has 1 aromatic carbocycles. The van der Waals surface area contributed by atoms with Gasteiger partial charge in [-0.15, -0.1) is 0 Å². The first-order chi connectivity index (χ1) is 13.5. The van der Waals surface area contributed by atoms with Gasteiger partial charge in [-0.25, -0.2) is 0 Å². The maximum absolute atomic E-state index is 12.8. The lowest BCUT2D eigenvalue weighted by atomic mass is 10.2. The van der Waals surface area contributed by atoms with Crippen LogP contribution < -0.4 is 15.5 Å². The first kappa shape index (κ1) is 20.3. The third-order valence-corrected chi connectivity index (χ3v) is 4.85. The van der Waals surface area contributed by atoms with Gasteiger partial charge in [0.2, 0.25) is 0 Å². The number of nitrogens with zero attached hydrogens (tertiary/aromatic N) is 3. The lowest BCUT2D eigenvalue weighted by molar-refractivity contribution is -0.137. The normalized spacial score (nSPS) is 19.2. The zero-order chi connectivity index (χ0) is 20.1. The summed E-state index contributed by atoms with van der Waals surface area (Å²) in [5.41, 5.74) is 1.78. The Labute approximate surface area is 165 Å². The first-order valence-electron chi connectivity index (χ1n) is 9.61. The molecule has 1 saturated heterocycles. The zero-order valence-electron chi connectivity index (χ0n) is 16.1. The standard InChI is InChI=1S/C18H20F3N5.C2H6.H2/c19-18(20,21)13-1-2-15-16(11-13)24-17(23-15)12-25-7-9-26(10-8-25)14-3-5-22-6-4-14;1-2;/h1-6,11,17,23-24H,7-10,12H2;1-2H3;1H. The average Bonchev–Trinajstić information content (AvgIpc) is 3.11. The van der Waals surface area contributed by atoms with E-state index in [0.29, 0.717) is 5.69 Å². The van der Waals surface area contributed by atoms with E-state index in [1.807, 2.05) is 26.0 Å². The van der Waals surface area contributed by atoms with Gasteiger partial charge in [0, 0.05) is 52.2 Å². The molecule has 1 aromatic heterocycles. The number of hydrogen-bond donors (Lipinski definition) is 2. The van der Waals surface area contributed by atoms with E-state index in [1.165, 1.54) is 17.8 Å². The number of hydrogen-bond acceptors (Lipinski definition) is 5. The van der Waals surface area contributed by atoms with Crippen molar-refractivity contribution in [1.29, 1.82) is 0 Å². The number of halogens is 3. The van der Waals surface area contributed by atoms with Gasteiger partial charge in [0.15, 0.2) is 0 Å². The van der Waals surface area contributed by atoms with Gasteiger partial charge in [0.25, 0.3) is 0 Å². The van der Waals surface area contributed by atoms with Gasteiger partial charge in [-0.3, -0.25) is 9.88 Å². The van der Waals surface area contributed by atoms with Crippen molar-refractivity contribution in [1.82, 2.24) is 9.88 Å². The van der Waals surface area contributed by atoms with Crippen LogP contribution in [-0.4, -0.2) is 48.8 Å². The highest BCUT2D eigenvalue weighted by Crippen LogP contribution is 2.36. The summed E-state index contributed by atoms with van der Waals surface area (Å²) in [6, 6.07) is 7.79. The fourth-order valence-electron chi connectivity index (χ4n) is 3.47. The highest BCUT2D eigenvalue weighted by Gasteiger charge is 2.33. The predicted molar refractivity (Wildman–Crippen MR) is 109 cm³/mol. The van der Waals surface area contributed by atoms with Crippen LogP contribution in [0.3, 0.4) is 0 Å². The average molecular weight is 395 g/mol. The third kappa shape index (κ3) is 4.67. The molecular weight excluding hydrogens is 367 g/mol. The third-order valence-electron chi connectivity index (χ3n) is 4.85. The fourth-order valence-corrected chi connectivity index (χ4v) is 3.47. The summed E-state index contributed by atoms with van der Waals surface area (Å²) < 4.78 is 38.5. The number of aromatic nitrogens is 1. The van der Waals surface area contributed by atoms with E-state index >= 15 is 0 Å². The highest BCUT2D eigenvalue weighted by molar-refractivity contribution is 5.75. The minimum absolute atomic E-state index is 0. The molecule has 28 heavy (non-hydrogen) atoms. The molecule has 2 N–H and O–H groups in total. The minimum Gasteiger partial charge on any atom is -0.369 e. The predicted octanol–water partition coefficient (Wildman–Crippen LogP) is 4.36. The molecule has 3 heterocycles. The Morgan fingerprint density at radius 1 is 1.00 bits per heavy atom. The largest absolute Gasteiger partial charge is 0.416 e. The smallest absolute Gasteiger partial charge is 0.369 e. The van der Waals surface area contributed by atoms with E-state index in [1.54, 1.807) is 12.4 Å². The highest BCUT2D eigenvalue weighted by atomic mass is 19.4. The molecule has 2 aliphatic heterocycles. The summed E-state index contributed by atoms with van der Waals surface area (Å²) in [7, 11) is 0. The van der Waals surface area contributed by atoms with E-state index < -0.39 is 11.7 Å². The van der Waals surface area contributed by atoms with Crippen molar-refractivity contribution < 1.29 is 14.6 Å². The molecule has 1 fully saturated rings. The number of piperazine rings is 1. The molecule has 5 nitrogen and oxygen atoms in total. The maximum atomic E-state index is 12.8. The van der Waals surface area contributed by atoms with Gasteiger partial charge in [-0.2, -0.15) is 13.2 Å². The molecule has 0 saturated carbocycles. The van der Waals surface area contributed by atoms with Gasteiger partial charge in [-0.05, 0) is 30.3 Å². The summed E-state index contributed by atoms with van der Waals surface area (Å²) in [6.45, 7) is 8.39. The Balaban J connectivity index is 0.000000970. The summed E-state index contributed by atoms with van der Waals surface area (Å²) in [6.07, 6.45) is -0.819. The molecule has 0 bridgehead atoms. The number of alkyl halides is 3. The lowest BCUT2D eigenvalue weighted by Gasteiger charge is -2.37. The molecule has 1 unspecified atom stereocenters. The van der Waals surface area contributed by atoms with Crippen LogP contribution in [0.25, 0.3) is 0 Å². The summed E-state index contributed by atoms with van der Waals surface area (Å²) >= 11 is 0. The molecule has 2 aliphatic rings. The molecule has 4 rings (SSSR count). The quantitative estimate of drug-likeness (QED) is 0.809. The van der Waals surface area contributed by atoms with Gasteiger partial charge in [-0.1, -0.05) is 13.8 Å². The summed E-state index contributed by atoms with van der Waals surface area (Å²) in [5.74, 6) is 0. The van der Waals surface area contributed by atoms with Crippen LogP contribution in [0.1, 0.15) is 20.8 Å². The number of rotatable bonds is 3. The lowest BCUT2D eigenvalue weighted by Crippen LogP contribution is -2.50. The molecule has 0 aliphatic carbocycles.